The maximum Gasteiger partial charge on any atom is 0.352 e. The SMILES string of the molecule is O=C1C=C(CC(=O)NC2C(=O)N3C(C(=O)O)=C(CSc4nnc(CS(=O)(=O)O)o4)CS[C@@H]23)N=CC1. The molecule has 0 bridgehead atoms. The Bertz CT molecular complexity index is 1300. The summed E-state index contributed by atoms with van der Waals surface area (Å²) in [6.07, 6.45) is 2.67. The fourth-order valence-corrected chi connectivity index (χ4v) is 6.17. The van der Waals surface area contributed by atoms with E-state index in [0.29, 0.717) is 5.57 Å². The van der Waals surface area contributed by atoms with Gasteiger partial charge in [-0.3, -0.25) is 28.8 Å². The van der Waals surface area contributed by atoms with Gasteiger partial charge in [0.15, 0.2) is 11.5 Å². The number of hydrogen-bond donors (Lipinski definition) is 3. The summed E-state index contributed by atoms with van der Waals surface area (Å²) in [5.41, 5.74) is 0.473. The number of nitrogens with zero attached hydrogens (tertiary/aromatic N) is 4. The highest BCUT2D eigenvalue weighted by Gasteiger charge is 2.54. The zero-order valence-electron chi connectivity index (χ0n) is 17.6. The van der Waals surface area contributed by atoms with Crippen LogP contribution in [0.15, 0.2) is 37.7 Å². The minimum Gasteiger partial charge on any atom is -0.477 e. The first-order valence-electron chi connectivity index (χ1n) is 9.87. The second-order valence-electron chi connectivity index (χ2n) is 7.48. The standard InChI is InChI=1S/C18H17N5O9S3/c24-10-1-2-19-9(3-10)4-11(25)20-13-15(26)23-14(17(27)28)8(5-33-16(13)23)6-34-18-22-21-12(32-18)7-35(29,30)31/h2-3,13,16H,1,4-7H2,(H,20,25)(H,27,28)(H,29,30,31)/t13?,16-/m0/s1. The van der Waals surface area contributed by atoms with Crippen molar-refractivity contribution in [1.29, 1.82) is 0 Å². The molecule has 1 aromatic rings. The lowest BCUT2D eigenvalue weighted by Gasteiger charge is -2.49. The van der Waals surface area contributed by atoms with Gasteiger partial charge in [-0.2, -0.15) is 8.42 Å². The van der Waals surface area contributed by atoms with E-state index in [2.05, 4.69) is 20.5 Å². The second kappa shape index (κ2) is 9.92. The lowest BCUT2D eigenvalue weighted by atomic mass is 10.0. The predicted octanol–water partition coefficient (Wildman–Crippen LogP) is -0.394. The van der Waals surface area contributed by atoms with Gasteiger partial charge < -0.3 is 14.8 Å². The molecule has 1 saturated heterocycles. The first kappa shape index (κ1) is 25.1. The molecule has 2 amide bonds. The Morgan fingerprint density at radius 1 is 1.31 bits per heavy atom. The van der Waals surface area contributed by atoms with E-state index >= 15 is 0 Å². The van der Waals surface area contributed by atoms with Gasteiger partial charge in [-0.05, 0) is 5.57 Å². The van der Waals surface area contributed by atoms with Gasteiger partial charge >= 0.3 is 5.97 Å². The largest absolute Gasteiger partial charge is 0.477 e. The van der Waals surface area contributed by atoms with Gasteiger partial charge in [0, 0.05) is 30.2 Å². The predicted molar refractivity (Wildman–Crippen MR) is 121 cm³/mol. The van der Waals surface area contributed by atoms with Crippen molar-refractivity contribution in [3.63, 3.8) is 0 Å². The normalized spacial score (nSPS) is 22.0. The molecule has 14 nitrogen and oxygen atoms in total. The van der Waals surface area contributed by atoms with Crippen LogP contribution in [0.5, 0.6) is 0 Å². The summed E-state index contributed by atoms with van der Waals surface area (Å²) >= 11 is 2.22. The average molecular weight is 544 g/mol. The lowest BCUT2D eigenvalue weighted by Crippen LogP contribution is -2.70. The maximum atomic E-state index is 12.7. The number of thioether (sulfide) groups is 2. The van der Waals surface area contributed by atoms with Crippen LogP contribution in [0.2, 0.25) is 0 Å². The fourth-order valence-electron chi connectivity index (χ4n) is 3.47. The Labute approximate surface area is 206 Å². The van der Waals surface area contributed by atoms with Crippen molar-refractivity contribution in [3.8, 4) is 0 Å². The van der Waals surface area contributed by atoms with Crippen molar-refractivity contribution >= 4 is 63.4 Å². The molecule has 0 spiro atoms. The molecule has 0 aliphatic carbocycles. The molecule has 35 heavy (non-hydrogen) atoms. The monoisotopic (exact) mass is 543 g/mol. The Morgan fingerprint density at radius 3 is 2.77 bits per heavy atom. The third-order valence-electron chi connectivity index (χ3n) is 4.91. The molecule has 17 heteroatoms. The second-order valence-corrected chi connectivity index (χ2v) is 11.0. The van der Waals surface area contributed by atoms with Gasteiger partial charge in [0.05, 0.1) is 12.1 Å². The van der Waals surface area contributed by atoms with Crippen molar-refractivity contribution in [1.82, 2.24) is 20.4 Å². The van der Waals surface area contributed by atoms with Crippen LogP contribution in [0.4, 0.5) is 0 Å². The number of rotatable bonds is 9. The molecular weight excluding hydrogens is 526 g/mol. The van der Waals surface area contributed by atoms with Crippen molar-refractivity contribution in [2.24, 2.45) is 4.99 Å². The number of aliphatic carboxylic acids is 1. The number of fused-ring (bicyclic) bond motifs is 1. The number of nitrogens with one attached hydrogen (secondary N) is 1. The molecule has 1 fully saturated rings. The molecule has 1 unspecified atom stereocenters. The van der Waals surface area contributed by atoms with Crippen LogP contribution < -0.4 is 5.32 Å². The first-order chi connectivity index (χ1) is 16.5. The lowest BCUT2D eigenvalue weighted by molar-refractivity contribution is -0.150. The summed E-state index contributed by atoms with van der Waals surface area (Å²) in [6, 6.07) is -0.918. The minimum atomic E-state index is -4.35. The van der Waals surface area contributed by atoms with Crippen LogP contribution >= 0.6 is 23.5 Å². The summed E-state index contributed by atoms with van der Waals surface area (Å²) in [4.78, 5) is 53.5. The van der Waals surface area contributed by atoms with Gasteiger partial charge in [0.25, 0.3) is 21.2 Å². The van der Waals surface area contributed by atoms with Gasteiger partial charge in [0.1, 0.15) is 17.1 Å². The number of allylic oxidation sites excluding steroid dienone is 1. The molecule has 3 aliphatic rings. The van der Waals surface area contributed by atoms with Gasteiger partial charge in [-0.15, -0.1) is 22.0 Å². The molecule has 0 aromatic carbocycles. The highest BCUT2D eigenvalue weighted by Crippen LogP contribution is 2.41. The van der Waals surface area contributed by atoms with E-state index in [1.165, 1.54) is 24.1 Å². The topological polar surface area (TPSA) is 209 Å². The summed E-state index contributed by atoms with van der Waals surface area (Å²) in [5, 5.41) is 18.8. The Hall–Kier alpha value is -3.02. The van der Waals surface area contributed by atoms with Crippen LogP contribution in [0, 0.1) is 0 Å². The Balaban J connectivity index is 1.40. The van der Waals surface area contributed by atoms with Gasteiger partial charge in [-0.1, -0.05) is 11.8 Å². The molecule has 186 valence electrons. The van der Waals surface area contributed by atoms with Crippen LogP contribution in [0.25, 0.3) is 0 Å². The highest BCUT2D eigenvalue weighted by molar-refractivity contribution is 8.01. The Morgan fingerprint density at radius 2 is 2.09 bits per heavy atom. The number of aliphatic imine (C=N–C) groups is 1. The number of ketones is 1. The Kier molecular flexibility index (Phi) is 7.11. The third kappa shape index (κ3) is 5.80. The molecule has 4 rings (SSSR count). The van der Waals surface area contributed by atoms with Crippen LogP contribution in [0.3, 0.4) is 0 Å². The van der Waals surface area contributed by atoms with E-state index in [1.807, 2.05) is 0 Å². The number of carboxylic acids is 1. The van der Waals surface area contributed by atoms with Crippen LogP contribution in [-0.4, -0.2) is 85.9 Å². The van der Waals surface area contributed by atoms with Gasteiger partial charge in [0.2, 0.25) is 11.8 Å². The number of β-lactam (4-membered cyclic amide) rings is 1. The molecule has 3 aliphatic heterocycles. The smallest absolute Gasteiger partial charge is 0.352 e. The van der Waals surface area contributed by atoms with E-state index in [4.69, 9.17) is 8.97 Å². The number of hydrogen-bond acceptors (Lipinski definition) is 12. The van der Waals surface area contributed by atoms with E-state index in [1.54, 1.807) is 0 Å². The third-order valence-corrected chi connectivity index (χ3v) is 7.77. The number of aromatic nitrogens is 2. The van der Waals surface area contributed by atoms with Gasteiger partial charge in [-0.25, -0.2) is 4.79 Å². The molecule has 2 atom stereocenters. The van der Waals surface area contributed by atoms with Crippen molar-refractivity contribution in [2.75, 3.05) is 11.5 Å². The van der Waals surface area contributed by atoms with Crippen molar-refractivity contribution < 1.29 is 41.7 Å². The number of carbonyl (C=O) groups excluding carboxylic acids is 3. The number of carboxylic acid groups (broad SMARTS) is 1. The fraction of sp³-hybridized carbons (Fsp3) is 0.389. The summed E-state index contributed by atoms with van der Waals surface area (Å²) in [5.74, 6) is -3.45. The summed E-state index contributed by atoms with van der Waals surface area (Å²) in [6.45, 7) is 0. The maximum absolute atomic E-state index is 12.7. The molecule has 3 N–H and O–H groups in total. The number of carbonyl (C=O) groups is 4. The molecule has 0 radical (unpaired) electrons. The van der Waals surface area contributed by atoms with Crippen molar-refractivity contribution in [3.05, 3.63) is 28.9 Å². The molecular formula is C18H17N5O9S3. The minimum absolute atomic E-state index is 0.0359. The van der Waals surface area contributed by atoms with E-state index in [9.17, 15) is 32.7 Å². The van der Waals surface area contributed by atoms with Crippen molar-refractivity contribution in [2.45, 2.75) is 35.2 Å². The highest BCUT2D eigenvalue weighted by atomic mass is 32.2. The first-order valence-corrected chi connectivity index (χ1v) is 13.5. The molecule has 0 saturated carbocycles. The quantitative estimate of drug-likeness (QED) is 0.206. The molecule has 4 heterocycles. The van der Waals surface area contributed by atoms with E-state index in [-0.39, 0.29) is 52.6 Å². The average Bonchev–Trinajstić information content (AvgIpc) is 3.20. The summed E-state index contributed by atoms with van der Waals surface area (Å²) < 4.78 is 35.8. The zero-order valence-corrected chi connectivity index (χ0v) is 20.1. The van der Waals surface area contributed by atoms with E-state index < -0.39 is 45.1 Å². The van der Waals surface area contributed by atoms with Crippen LogP contribution in [-0.2, 0) is 35.0 Å². The molecule has 1 aromatic heterocycles. The zero-order chi connectivity index (χ0) is 25.3. The van der Waals surface area contributed by atoms with Crippen LogP contribution in [0.1, 0.15) is 18.7 Å². The summed E-state index contributed by atoms with van der Waals surface area (Å²) in [7, 11) is -4.35. The number of amides is 2. The van der Waals surface area contributed by atoms with E-state index in [0.717, 1.165) is 16.7 Å².